The summed E-state index contributed by atoms with van der Waals surface area (Å²) in [4.78, 5) is 0. The minimum absolute atomic E-state index is 0.0800. The normalized spacial score (nSPS) is 12.8. The number of ether oxygens (including phenoxy) is 2. The lowest BCUT2D eigenvalue weighted by Gasteiger charge is -2.12. The maximum atomic E-state index is 11.8. The van der Waals surface area contributed by atoms with Gasteiger partial charge in [0, 0.05) is 0 Å². The van der Waals surface area contributed by atoms with Gasteiger partial charge in [0.15, 0.2) is 0 Å². The number of benzene rings is 1. The zero-order valence-corrected chi connectivity index (χ0v) is 9.03. The second-order valence-electron chi connectivity index (χ2n) is 3.31. The van der Waals surface area contributed by atoms with Crippen LogP contribution in [0.1, 0.15) is 11.6 Å². The van der Waals surface area contributed by atoms with Crippen LogP contribution in [0.15, 0.2) is 24.3 Å². The molecule has 2 N–H and O–H groups in total. The van der Waals surface area contributed by atoms with E-state index in [2.05, 4.69) is 0 Å². The van der Waals surface area contributed by atoms with E-state index in [1.165, 1.54) is 0 Å². The molecule has 0 spiro atoms. The molecule has 0 saturated carbocycles. The van der Waals surface area contributed by atoms with Crippen molar-refractivity contribution in [2.75, 3.05) is 20.3 Å². The van der Waals surface area contributed by atoms with Crippen LogP contribution < -0.4 is 10.5 Å². The van der Waals surface area contributed by atoms with E-state index >= 15 is 0 Å². The summed E-state index contributed by atoms with van der Waals surface area (Å²) in [5.74, 6) is 0.726. The lowest BCUT2D eigenvalue weighted by molar-refractivity contribution is 0.0125. The molecule has 3 nitrogen and oxygen atoms in total. The molecule has 1 unspecified atom stereocenters. The van der Waals surface area contributed by atoms with Crippen LogP contribution >= 0.6 is 0 Å². The van der Waals surface area contributed by atoms with Gasteiger partial charge in [-0.05, 0) is 17.7 Å². The van der Waals surface area contributed by atoms with Gasteiger partial charge >= 0.3 is 0 Å². The van der Waals surface area contributed by atoms with Crippen LogP contribution in [0, 0.1) is 0 Å². The molecular formula is C11H15F2NO2. The average Bonchev–Trinajstić information content (AvgIpc) is 2.28. The molecule has 1 rings (SSSR count). The van der Waals surface area contributed by atoms with Crippen molar-refractivity contribution >= 4 is 0 Å². The summed E-state index contributed by atoms with van der Waals surface area (Å²) in [7, 11) is 1.57. The highest BCUT2D eigenvalue weighted by Crippen LogP contribution is 2.16. The van der Waals surface area contributed by atoms with E-state index < -0.39 is 19.1 Å². The molecule has 0 aliphatic rings. The predicted octanol–water partition coefficient (Wildman–Crippen LogP) is 1.98. The van der Waals surface area contributed by atoms with Gasteiger partial charge in [-0.15, -0.1) is 0 Å². The van der Waals surface area contributed by atoms with E-state index in [1.807, 2.05) is 0 Å². The van der Waals surface area contributed by atoms with Gasteiger partial charge in [-0.25, -0.2) is 8.78 Å². The van der Waals surface area contributed by atoms with Gasteiger partial charge in [-0.3, -0.25) is 0 Å². The molecule has 0 aromatic heterocycles. The van der Waals surface area contributed by atoms with Gasteiger partial charge in [0.2, 0.25) is 0 Å². The quantitative estimate of drug-likeness (QED) is 0.814. The number of hydrogen-bond donors (Lipinski definition) is 1. The fraction of sp³-hybridized carbons (Fsp3) is 0.455. The standard InChI is InChI=1S/C11H15F2NO2/c1-15-9-4-2-8(3-5-9)10(14)6-16-7-11(12)13/h2-5,10-11H,6-7,14H2,1H3. The van der Waals surface area contributed by atoms with E-state index in [9.17, 15) is 8.78 Å². The van der Waals surface area contributed by atoms with Crippen LogP contribution in [-0.2, 0) is 4.74 Å². The monoisotopic (exact) mass is 231 g/mol. The van der Waals surface area contributed by atoms with Gasteiger partial charge in [0.1, 0.15) is 12.4 Å². The summed E-state index contributed by atoms with van der Waals surface area (Å²) in [6, 6.07) is 6.71. The summed E-state index contributed by atoms with van der Waals surface area (Å²) in [6.45, 7) is -0.499. The molecule has 0 heterocycles. The number of halogens is 2. The molecule has 1 aromatic rings. The first kappa shape index (κ1) is 12.9. The second kappa shape index (κ2) is 6.40. The van der Waals surface area contributed by atoms with Crippen LogP contribution in [0.5, 0.6) is 5.75 Å². The zero-order chi connectivity index (χ0) is 12.0. The Bertz CT molecular complexity index is 303. The Balaban J connectivity index is 2.43. The van der Waals surface area contributed by atoms with Crippen LogP contribution in [0.25, 0.3) is 0 Å². The fourth-order valence-electron chi connectivity index (χ4n) is 1.23. The Labute approximate surface area is 93.2 Å². The maximum absolute atomic E-state index is 11.8. The Morgan fingerprint density at radius 3 is 2.31 bits per heavy atom. The van der Waals surface area contributed by atoms with Crippen molar-refractivity contribution in [3.05, 3.63) is 29.8 Å². The summed E-state index contributed by atoms with van der Waals surface area (Å²) in [5, 5.41) is 0. The van der Waals surface area contributed by atoms with Gasteiger partial charge in [0.25, 0.3) is 6.43 Å². The maximum Gasteiger partial charge on any atom is 0.261 e. The van der Waals surface area contributed by atoms with E-state index in [1.54, 1.807) is 31.4 Å². The van der Waals surface area contributed by atoms with Crippen LogP contribution in [0.2, 0.25) is 0 Å². The molecule has 0 saturated heterocycles. The summed E-state index contributed by atoms with van der Waals surface area (Å²) >= 11 is 0. The highest BCUT2D eigenvalue weighted by molar-refractivity contribution is 5.28. The van der Waals surface area contributed by atoms with Crippen molar-refractivity contribution in [2.45, 2.75) is 12.5 Å². The first-order valence-corrected chi connectivity index (χ1v) is 4.89. The smallest absolute Gasteiger partial charge is 0.261 e. The highest BCUT2D eigenvalue weighted by atomic mass is 19.3. The van der Waals surface area contributed by atoms with Crippen molar-refractivity contribution in [3.8, 4) is 5.75 Å². The van der Waals surface area contributed by atoms with Crippen LogP contribution in [-0.4, -0.2) is 26.7 Å². The van der Waals surface area contributed by atoms with Gasteiger partial charge in [-0.2, -0.15) is 0 Å². The highest BCUT2D eigenvalue weighted by Gasteiger charge is 2.08. The molecule has 0 bridgehead atoms. The van der Waals surface area contributed by atoms with E-state index in [-0.39, 0.29) is 6.61 Å². The summed E-state index contributed by atoms with van der Waals surface area (Å²) in [6.07, 6.45) is -2.46. The van der Waals surface area contributed by atoms with Crippen LogP contribution in [0.4, 0.5) is 8.78 Å². The minimum atomic E-state index is -2.46. The number of methoxy groups -OCH3 is 1. The third-order valence-corrected chi connectivity index (χ3v) is 2.09. The molecule has 0 aliphatic heterocycles. The van der Waals surface area contributed by atoms with Crippen molar-refractivity contribution in [2.24, 2.45) is 5.73 Å². The second-order valence-corrected chi connectivity index (χ2v) is 3.31. The Morgan fingerprint density at radius 1 is 1.19 bits per heavy atom. The van der Waals surface area contributed by atoms with Gasteiger partial charge in [-0.1, -0.05) is 12.1 Å². The molecule has 5 heteroatoms. The molecule has 1 atom stereocenters. The molecule has 0 amide bonds. The third-order valence-electron chi connectivity index (χ3n) is 2.09. The van der Waals surface area contributed by atoms with Crippen molar-refractivity contribution in [1.29, 1.82) is 0 Å². The first-order valence-electron chi connectivity index (χ1n) is 4.89. The number of rotatable bonds is 6. The fourth-order valence-corrected chi connectivity index (χ4v) is 1.23. The number of alkyl halides is 2. The third kappa shape index (κ3) is 4.12. The van der Waals surface area contributed by atoms with E-state index in [0.717, 1.165) is 11.3 Å². The van der Waals surface area contributed by atoms with E-state index in [0.29, 0.717) is 0 Å². The van der Waals surface area contributed by atoms with E-state index in [4.69, 9.17) is 15.2 Å². The lowest BCUT2D eigenvalue weighted by Crippen LogP contribution is -2.19. The number of nitrogens with two attached hydrogens (primary N) is 1. The topological polar surface area (TPSA) is 44.5 Å². The molecule has 0 fully saturated rings. The van der Waals surface area contributed by atoms with Gasteiger partial charge < -0.3 is 15.2 Å². The predicted molar refractivity (Wildman–Crippen MR) is 56.7 cm³/mol. The van der Waals surface area contributed by atoms with Crippen LogP contribution in [0.3, 0.4) is 0 Å². The van der Waals surface area contributed by atoms with Crippen molar-refractivity contribution in [3.63, 3.8) is 0 Å². The molecule has 0 aliphatic carbocycles. The average molecular weight is 231 g/mol. The summed E-state index contributed by atoms with van der Waals surface area (Å²) < 4.78 is 33.4. The van der Waals surface area contributed by atoms with Gasteiger partial charge in [0.05, 0.1) is 19.8 Å². The molecule has 90 valence electrons. The Morgan fingerprint density at radius 2 is 1.81 bits per heavy atom. The van der Waals surface area contributed by atoms with Crippen molar-refractivity contribution in [1.82, 2.24) is 0 Å². The largest absolute Gasteiger partial charge is 0.497 e. The lowest BCUT2D eigenvalue weighted by atomic mass is 10.1. The zero-order valence-electron chi connectivity index (χ0n) is 9.03. The number of hydrogen-bond acceptors (Lipinski definition) is 3. The molecule has 16 heavy (non-hydrogen) atoms. The molecule has 1 aromatic carbocycles. The Kier molecular flexibility index (Phi) is 5.14. The minimum Gasteiger partial charge on any atom is -0.497 e. The van der Waals surface area contributed by atoms with Crippen molar-refractivity contribution < 1.29 is 18.3 Å². The SMILES string of the molecule is COc1ccc(C(N)COCC(F)F)cc1. The molecule has 0 radical (unpaired) electrons. The molecular weight excluding hydrogens is 216 g/mol. The summed E-state index contributed by atoms with van der Waals surface area (Å²) in [5.41, 5.74) is 6.59. The first-order chi connectivity index (χ1) is 7.63. The Hall–Kier alpha value is -1.20.